The second kappa shape index (κ2) is 6.17. The summed E-state index contributed by atoms with van der Waals surface area (Å²) in [6.07, 6.45) is 2.83. The smallest absolute Gasteiger partial charge is 0.269 e. The molecule has 4 aromatic rings. The number of hydrogen-bond acceptors (Lipinski definition) is 4. The first kappa shape index (κ1) is 17.7. The zero-order chi connectivity index (χ0) is 19.3. The summed E-state index contributed by atoms with van der Waals surface area (Å²) in [5.74, 6) is -0.781. The van der Waals surface area contributed by atoms with Crippen molar-refractivity contribution in [2.75, 3.05) is 0 Å². The third-order valence-electron chi connectivity index (χ3n) is 4.23. The van der Waals surface area contributed by atoms with Crippen molar-refractivity contribution in [3.05, 3.63) is 65.3 Å². The molecule has 0 aliphatic heterocycles. The second-order valence-electron chi connectivity index (χ2n) is 6.15. The van der Waals surface area contributed by atoms with Gasteiger partial charge >= 0.3 is 0 Å². The molecule has 0 amide bonds. The van der Waals surface area contributed by atoms with Gasteiger partial charge in [0.05, 0.1) is 21.2 Å². The first-order valence-corrected chi connectivity index (χ1v) is 9.78. The summed E-state index contributed by atoms with van der Waals surface area (Å²) in [5, 5.41) is 4.41. The van der Waals surface area contributed by atoms with Gasteiger partial charge in [-0.05, 0) is 31.2 Å². The Morgan fingerprint density at radius 3 is 2.48 bits per heavy atom. The van der Waals surface area contributed by atoms with Gasteiger partial charge in [-0.3, -0.25) is 4.68 Å². The Morgan fingerprint density at radius 1 is 1.15 bits per heavy atom. The van der Waals surface area contributed by atoms with E-state index in [0.717, 1.165) is 9.54 Å². The van der Waals surface area contributed by atoms with E-state index in [1.165, 1.54) is 35.3 Å². The van der Waals surface area contributed by atoms with Gasteiger partial charge in [-0.25, -0.2) is 17.4 Å². The van der Waals surface area contributed by atoms with Crippen molar-refractivity contribution in [2.24, 2.45) is 7.05 Å². The van der Waals surface area contributed by atoms with E-state index in [4.69, 9.17) is 11.6 Å². The quantitative estimate of drug-likeness (QED) is 0.521. The number of pyridine rings is 1. The van der Waals surface area contributed by atoms with Crippen LogP contribution in [0.5, 0.6) is 0 Å². The molecule has 3 heterocycles. The van der Waals surface area contributed by atoms with E-state index < -0.39 is 16.0 Å². The van der Waals surface area contributed by atoms with Crippen LogP contribution in [-0.4, -0.2) is 27.2 Å². The molecule has 0 N–H and O–H groups in total. The molecule has 0 radical (unpaired) electrons. The molecule has 3 aromatic heterocycles. The monoisotopic (exact) mass is 404 g/mol. The number of rotatable bonds is 3. The van der Waals surface area contributed by atoms with Gasteiger partial charge in [0.15, 0.2) is 5.65 Å². The molecule has 27 heavy (non-hydrogen) atoms. The summed E-state index contributed by atoms with van der Waals surface area (Å²) in [7, 11) is -2.50. The summed E-state index contributed by atoms with van der Waals surface area (Å²) in [6.45, 7) is 1.86. The molecule has 0 spiro atoms. The van der Waals surface area contributed by atoms with E-state index in [2.05, 4.69) is 10.1 Å². The highest BCUT2D eigenvalue weighted by Gasteiger charge is 2.27. The van der Waals surface area contributed by atoms with Gasteiger partial charge in [-0.15, -0.1) is 5.10 Å². The van der Waals surface area contributed by atoms with Crippen molar-refractivity contribution in [1.29, 1.82) is 0 Å². The second-order valence-corrected chi connectivity index (χ2v) is 8.34. The minimum absolute atomic E-state index is 0.0438. The lowest BCUT2D eigenvalue weighted by atomic mass is 10.2. The van der Waals surface area contributed by atoms with Crippen molar-refractivity contribution in [2.45, 2.75) is 11.8 Å². The number of nitrogens with zero attached hydrogens (tertiary/aromatic N) is 4. The molecule has 6 nitrogen and oxygen atoms in total. The SMILES string of the molecule is Cc1ccc(S(=O)(=O)n2c(-c3cn(C)nc3F)cc3c(Cl)ccnc32)cc1. The molecular weight excluding hydrogens is 391 g/mol. The van der Waals surface area contributed by atoms with Crippen molar-refractivity contribution < 1.29 is 12.8 Å². The van der Waals surface area contributed by atoms with Crippen LogP contribution in [-0.2, 0) is 17.1 Å². The summed E-state index contributed by atoms with van der Waals surface area (Å²) in [5.41, 5.74) is 1.20. The van der Waals surface area contributed by atoms with Crippen LogP contribution in [0.3, 0.4) is 0 Å². The Kier molecular flexibility index (Phi) is 4.05. The highest BCUT2D eigenvalue weighted by Crippen LogP contribution is 2.35. The fourth-order valence-corrected chi connectivity index (χ4v) is 4.59. The Morgan fingerprint density at radius 2 is 1.85 bits per heavy atom. The lowest BCUT2D eigenvalue weighted by Gasteiger charge is -2.11. The zero-order valence-electron chi connectivity index (χ0n) is 14.4. The number of hydrogen-bond donors (Lipinski definition) is 0. The van der Waals surface area contributed by atoms with Crippen LogP contribution in [0.4, 0.5) is 4.39 Å². The highest BCUT2D eigenvalue weighted by molar-refractivity contribution is 7.90. The number of aromatic nitrogens is 4. The molecule has 9 heteroatoms. The lowest BCUT2D eigenvalue weighted by Crippen LogP contribution is -2.15. The van der Waals surface area contributed by atoms with Crippen molar-refractivity contribution >= 4 is 32.7 Å². The fraction of sp³-hybridized carbons (Fsp3) is 0.111. The first-order chi connectivity index (χ1) is 12.8. The summed E-state index contributed by atoms with van der Waals surface area (Å²) >= 11 is 6.23. The average Bonchev–Trinajstić information content (AvgIpc) is 3.16. The molecule has 0 fully saturated rings. The summed E-state index contributed by atoms with van der Waals surface area (Å²) < 4.78 is 43.4. The maximum atomic E-state index is 14.4. The van der Waals surface area contributed by atoms with E-state index in [-0.39, 0.29) is 21.8 Å². The molecule has 0 aliphatic rings. The number of halogens is 2. The molecule has 4 rings (SSSR count). The first-order valence-electron chi connectivity index (χ1n) is 7.97. The molecule has 0 saturated heterocycles. The molecule has 0 atom stereocenters. The molecular formula is C18H14ClFN4O2S. The minimum atomic E-state index is -4.05. The van der Waals surface area contributed by atoms with Gasteiger partial charge < -0.3 is 0 Å². The average molecular weight is 405 g/mol. The number of fused-ring (bicyclic) bond motifs is 1. The highest BCUT2D eigenvalue weighted by atomic mass is 35.5. The Balaban J connectivity index is 2.10. The minimum Gasteiger partial charge on any atom is -0.272 e. The van der Waals surface area contributed by atoms with Crippen LogP contribution in [0.1, 0.15) is 5.56 Å². The standard InChI is InChI=1S/C18H14ClFN4O2S/c1-11-3-5-12(6-4-11)27(25,26)24-16(14-10-23(2)22-17(14)20)9-13-15(19)7-8-21-18(13)24/h3-10H,1-2H3. The van der Waals surface area contributed by atoms with Crippen LogP contribution >= 0.6 is 11.6 Å². The van der Waals surface area contributed by atoms with Crippen LogP contribution in [0.25, 0.3) is 22.3 Å². The van der Waals surface area contributed by atoms with Gasteiger partial charge in [-0.2, -0.15) is 4.39 Å². The van der Waals surface area contributed by atoms with Crippen molar-refractivity contribution in [3.8, 4) is 11.3 Å². The normalized spacial score (nSPS) is 12.0. The Bertz CT molecular complexity index is 1280. The van der Waals surface area contributed by atoms with Crippen LogP contribution < -0.4 is 0 Å². The van der Waals surface area contributed by atoms with E-state index in [0.29, 0.717) is 10.4 Å². The molecule has 138 valence electrons. The Hall–Kier alpha value is -2.71. The number of benzene rings is 1. The van der Waals surface area contributed by atoms with E-state index in [1.54, 1.807) is 25.2 Å². The van der Waals surface area contributed by atoms with Gasteiger partial charge in [0.25, 0.3) is 10.0 Å². The summed E-state index contributed by atoms with van der Waals surface area (Å²) in [6, 6.07) is 9.47. The molecule has 0 bridgehead atoms. The maximum Gasteiger partial charge on any atom is 0.269 e. The fourth-order valence-electron chi connectivity index (χ4n) is 2.92. The van der Waals surface area contributed by atoms with Gasteiger partial charge in [-0.1, -0.05) is 29.3 Å². The van der Waals surface area contributed by atoms with Crippen LogP contribution in [0.15, 0.2) is 53.7 Å². The predicted molar refractivity (Wildman–Crippen MR) is 101 cm³/mol. The van der Waals surface area contributed by atoms with E-state index in [9.17, 15) is 12.8 Å². The lowest BCUT2D eigenvalue weighted by molar-refractivity contribution is 0.555. The van der Waals surface area contributed by atoms with Gasteiger partial charge in [0.1, 0.15) is 0 Å². The largest absolute Gasteiger partial charge is 0.272 e. The topological polar surface area (TPSA) is 69.8 Å². The maximum absolute atomic E-state index is 14.4. The zero-order valence-corrected chi connectivity index (χ0v) is 16.0. The Labute approximate surface area is 159 Å². The molecule has 0 saturated carbocycles. The predicted octanol–water partition coefficient (Wildman–Crippen LogP) is 3.77. The number of aryl methyl sites for hydroxylation is 2. The van der Waals surface area contributed by atoms with E-state index in [1.807, 2.05) is 6.92 Å². The van der Waals surface area contributed by atoms with Crippen LogP contribution in [0.2, 0.25) is 5.02 Å². The molecule has 1 aromatic carbocycles. The molecule has 0 aliphatic carbocycles. The van der Waals surface area contributed by atoms with Crippen molar-refractivity contribution in [1.82, 2.24) is 18.7 Å². The van der Waals surface area contributed by atoms with Crippen molar-refractivity contribution in [3.63, 3.8) is 0 Å². The summed E-state index contributed by atoms with van der Waals surface area (Å²) in [4.78, 5) is 4.25. The molecule has 0 unspecified atom stereocenters. The van der Waals surface area contributed by atoms with E-state index >= 15 is 0 Å². The van der Waals surface area contributed by atoms with Gasteiger partial charge in [0.2, 0.25) is 5.95 Å². The third kappa shape index (κ3) is 2.81. The third-order valence-corrected chi connectivity index (χ3v) is 6.27. The van der Waals surface area contributed by atoms with Gasteiger partial charge in [0, 0.05) is 24.8 Å². The van der Waals surface area contributed by atoms with Crippen LogP contribution in [0, 0.1) is 12.9 Å².